The van der Waals surface area contributed by atoms with Gasteiger partial charge in [-0.1, -0.05) is 18.2 Å². The number of aryl methyl sites for hydroxylation is 1. The second-order valence-electron chi connectivity index (χ2n) is 5.29. The third-order valence-electron chi connectivity index (χ3n) is 3.40. The van der Waals surface area contributed by atoms with Gasteiger partial charge < -0.3 is 20.0 Å². The predicted molar refractivity (Wildman–Crippen MR) is 83.4 cm³/mol. The second kappa shape index (κ2) is 7.10. The quantitative estimate of drug-likeness (QED) is 0.492. The van der Waals surface area contributed by atoms with Crippen molar-refractivity contribution in [2.75, 3.05) is 0 Å². The first-order chi connectivity index (χ1) is 10.7. The van der Waals surface area contributed by atoms with Crippen LogP contribution < -0.4 is 5.09 Å². The molecule has 0 saturated heterocycles. The Labute approximate surface area is 133 Å². The number of phenolic OH excluding ortho intramolecular Hbond substituents is 1. The maximum atomic E-state index is 11.4. The molecule has 0 bridgehead atoms. The first-order valence-electron chi connectivity index (χ1n) is 6.98. The molecule has 1 aliphatic carbocycles. The van der Waals surface area contributed by atoms with E-state index in [9.17, 15) is 19.6 Å². The van der Waals surface area contributed by atoms with E-state index in [1.807, 2.05) is 5.09 Å². The van der Waals surface area contributed by atoms with Crippen molar-refractivity contribution in [3.8, 4) is 5.75 Å². The smallest absolute Gasteiger partial charge is 0.427 e. The summed E-state index contributed by atoms with van der Waals surface area (Å²) in [6.07, 6.45) is 2.21. The Morgan fingerprint density at radius 3 is 2.65 bits per heavy atom. The summed E-state index contributed by atoms with van der Waals surface area (Å²) in [6.45, 7) is 0. The van der Waals surface area contributed by atoms with E-state index in [-0.39, 0.29) is 35.6 Å². The van der Waals surface area contributed by atoms with Crippen LogP contribution in [0.1, 0.15) is 18.4 Å². The van der Waals surface area contributed by atoms with Crippen LogP contribution in [-0.2, 0) is 15.8 Å². The maximum Gasteiger partial charge on any atom is 0.427 e. The Kier molecular flexibility index (Phi) is 5.38. The standard InChI is InChI=1S/C15H18NO6P/c17-11-3-1-2-10(8-11)4-7-15(19)13-6-5-12(18)9-14(13)16-23(20,21)22/h1-3,5-6,8,15,17,19H,4,7,9H2,(H3,16,20,21,22). The zero-order chi connectivity index (χ0) is 17.0. The molecule has 1 aromatic carbocycles. The molecule has 0 radical (unpaired) electrons. The monoisotopic (exact) mass is 339 g/mol. The largest absolute Gasteiger partial charge is 0.508 e. The lowest BCUT2D eigenvalue weighted by molar-refractivity contribution is -0.114. The number of ketones is 1. The van der Waals surface area contributed by atoms with Crippen LogP contribution in [-0.4, -0.2) is 31.9 Å². The van der Waals surface area contributed by atoms with Crippen molar-refractivity contribution in [1.82, 2.24) is 5.09 Å². The molecule has 23 heavy (non-hydrogen) atoms. The molecule has 1 unspecified atom stereocenters. The summed E-state index contributed by atoms with van der Waals surface area (Å²) < 4.78 is 11.1. The van der Waals surface area contributed by atoms with Gasteiger partial charge in [-0.2, -0.15) is 0 Å². The zero-order valence-corrected chi connectivity index (χ0v) is 13.1. The van der Waals surface area contributed by atoms with Crippen molar-refractivity contribution in [3.05, 3.63) is 53.3 Å². The van der Waals surface area contributed by atoms with Gasteiger partial charge in [0.2, 0.25) is 0 Å². The lowest BCUT2D eigenvalue weighted by Crippen LogP contribution is -2.23. The van der Waals surface area contributed by atoms with E-state index in [0.717, 1.165) is 5.56 Å². The van der Waals surface area contributed by atoms with Crippen molar-refractivity contribution in [2.45, 2.75) is 25.4 Å². The van der Waals surface area contributed by atoms with Gasteiger partial charge in [0.25, 0.3) is 0 Å². The van der Waals surface area contributed by atoms with Gasteiger partial charge in [-0.25, -0.2) is 4.57 Å². The van der Waals surface area contributed by atoms with E-state index in [1.54, 1.807) is 24.3 Å². The lowest BCUT2D eigenvalue weighted by Gasteiger charge is -2.21. The molecule has 2 rings (SSSR count). The molecule has 0 aliphatic heterocycles. The molecule has 1 aliphatic rings. The van der Waals surface area contributed by atoms with E-state index in [2.05, 4.69) is 0 Å². The van der Waals surface area contributed by atoms with Crippen LogP contribution in [0.4, 0.5) is 0 Å². The third kappa shape index (κ3) is 5.33. The predicted octanol–water partition coefficient (Wildman–Crippen LogP) is 1.15. The number of rotatable bonds is 6. The van der Waals surface area contributed by atoms with Crippen LogP contribution in [0.25, 0.3) is 0 Å². The minimum absolute atomic E-state index is 0.0363. The van der Waals surface area contributed by atoms with Crippen molar-refractivity contribution in [1.29, 1.82) is 0 Å². The molecule has 1 atom stereocenters. The van der Waals surface area contributed by atoms with Gasteiger partial charge in [0.05, 0.1) is 12.5 Å². The highest BCUT2D eigenvalue weighted by Crippen LogP contribution is 2.34. The number of aliphatic hydroxyl groups excluding tert-OH is 1. The number of hydrogen-bond acceptors (Lipinski definition) is 4. The fourth-order valence-corrected chi connectivity index (χ4v) is 2.94. The molecule has 0 spiro atoms. The van der Waals surface area contributed by atoms with Crippen LogP contribution in [0.3, 0.4) is 0 Å². The summed E-state index contributed by atoms with van der Waals surface area (Å²) in [5.74, 6) is -0.173. The van der Waals surface area contributed by atoms with E-state index < -0.39 is 13.9 Å². The van der Waals surface area contributed by atoms with Crippen molar-refractivity contribution < 1.29 is 29.4 Å². The number of hydrogen-bond donors (Lipinski definition) is 5. The SMILES string of the molecule is O=C1C=CC(C(O)CCc2cccc(O)c2)=C(NP(=O)(O)O)C1. The van der Waals surface area contributed by atoms with Gasteiger partial charge in [0, 0.05) is 11.3 Å². The lowest BCUT2D eigenvalue weighted by atomic mass is 9.94. The maximum absolute atomic E-state index is 11.4. The Morgan fingerprint density at radius 1 is 1.26 bits per heavy atom. The molecule has 0 fully saturated rings. The molecule has 0 saturated carbocycles. The molecule has 0 aromatic heterocycles. The highest BCUT2D eigenvalue weighted by molar-refractivity contribution is 7.49. The summed E-state index contributed by atoms with van der Waals surface area (Å²) in [7, 11) is -4.56. The average molecular weight is 339 g/mol. The van der Waals surface area contributed by atoms with Gasteiger partial charge in [-0.3, -0.25) is 9.88 Å². The summed E-state index contributed by atoms with van der Waals surface area (Å²) in [4.78, 5) is 29.5. The number of phenols is 1. The van der Waals surface area contributed by atoms with Crippen LogP contribution in [0.2, 0.25) is 0 Å². The fraction of sp³-hybridized carbons (Fsp3) is 0.267. The number of carbonyl (C=O) groups excluding carboxylic acids is 1. The Hall–Kier alpha value is -1.92. The molecule has 7 nitrogen and oxygen atoms in total. The molecule has 0 heterocycles. The number of aliphatic hydroxyl groups is 1. The summed E-state index contributed by atoms with van der Waals surface area (Å²) >= 11 is 0. The fourth-order valence-electron chi connectivity index (χ4n) is 2.38. The number of allylic oxidation sites excluding steroid dienone is 2. The van der Waals surface area contributed by atoms with E-state index in [0.29, 0.717) is 6.42 Å². The highest BCUT2D eigenvalue weighted by Gasteiger charge is 2.24. The van der Waals surface area contributed by atoms with Gasteiger partial charge in [0.15, 0.2) is 5.78 Å². The Morgan fingerprint density at radius 2 is 2.00 bits per heavy atom. The second-order valence-corrected chi connectivity index (χ2v) is 6.60. The van der Waals surface area contributed by atoms with E-state index in [4.69, 9.17) is 9.79 Å². The number of carbonyl (C=O) groups is 1. The molecule has 0 amide bonds. The van der Waals surface area contributed by atoms with E-state index >= 15 is 0 Å². The number of benzene rings is 1. The molecule has 5 N–H and O–H groups in total. The van der Waals surface area contributed by atoms with Gasteiger partial charge in [0.1, 0.15) is 5.75 Å². The summed E-state index contributed by atoms with van der Waals surface area (Å²) in [5.41, 5.74) is 1.15. The zero-order valence-electron chi connectivity index (χ0n) is 12.2. The summed E-state index contributed by atoms with van der Waals surface area (Å²) in [5, 5.41) is 21.7. The normalized spacial score (nSPS) is 16.6. The van der Waals surface area contributed by atoms with Crippen molar-refractivity contribution in [2.24, 2.45) is 0 Å². The van der Waals surface area contributed by atoms with Gasteiger partial charge in [-0.05, 0) is 36.6 Å². The molecule has 8 heteroatoms. The summed E-state index contributed by atoms with van der Waals surface area (Å²) in [6, 6.07) is 6.61. The third-order valence-corrected chi connectivity index (χ3v) is 3.97. The molecular weight excluding hydrogens is 321 g/mol. The van der Waals surface area contributed by atoms with Gasteiger partial charge in [-0.15, -0.1) is 0 Å². The topological polar surface area (TPSA) is 127 Å². The van der Waals surface area contributed by atoms with Crippen LogP contribution in [0, 0.1) is 0 Å². The first kappa shape index (κ1) is 17.4. The molecular formula is C15H18NO6P. The number of nitrogens with one attached hydrogen (secondary N) is 1. The minimum atomic E-state index is -4.56. The van der Waals surface area contributed by atoms with Crippen molar-refractivity contribution in [3.63, 3.8) is 0 Å². The number of aromatic hydroxyl groups is 1. The average Bonchev–Trinajstić information content (AvgIpc) is 2.43. The molecule has 124 valence electrons. The highest BCUT2D eigenvalue weighted by atomic mass is 31.2. The van der Waals surface area contributed by atoms with E-state index in [1.165, 1.54) is 12.2 Å². The Balaban J connectivity index is 2.12. The first-order valence-corrected chi connectivity index (χ1v) is 8.59. The van der Waals surface area contributed by atoms with Gasteiger partial charge >= 0.3 is 7.75 Å². The minimum Gasteiger partial charge on any atom is -0.508 e. The van der Waals surface area contributed by atoms with Crippen LogP contribution in [0.5, 0.6) is 5.75 Å². The molecule has 1 aromatic rings. The van der Waals surface area contributed by atoms with Crippen molar-refractivity contribution >= 4 is 13.5 Å². The van der Waals surface area contributed by atoms with Crippen LogP contribution in [0.15, 0.2) is 47.7 Å². The van der Waals surface area contributed by atoms with Crippen LogP contribution >= 0.6 is 7.75 Å². The Bertz CT molecular complexity index is 706.